The molecule has 0 saturated heterocycles. The largest absolute Gasteiger partial charge is 0.468 e. The summed E-state index contributed by atoms with van der Waals surface area (Å²) >= 11 is 0. The number of hydrogen-bond donors (Lipinski definition) is 2. The highest BCUT2D eigenvalue weighted by molar-refractivity contribution is 7.91. The zero-order valence-corrected chi connectivity index (χ0v) is 15.5. The van der Waals surface area contributed by atoms with Crippen LogP contribution in [0.15, 0.2) is 52.0 Å². The third-order valence-corrected chi connectivity index (χ3v) is 5.85. The molecule has 1 aromatic carbocycles. The molecule has 26 heavy (non-hydrogen) atoms. The Bertz CT molecular complexity index is 842. The molecule has 0 aliphatic rings. The molecule has 2 amide bonds. The molecular weight excluding hydrogens is 356 g/mol. The lowest BCUT2D eigenvalue weighted by Gasteiger charge is -2.16. The topological polar surface area (TPSA) is 105 Å². The standard InChI is InChI=1S/C18H22N2O5S/c1-3-10-19-17(21)18(22)20-12-16(15-5-4-11-25-15)26(23,24)14-8-6-13(2)7-9-14/h4-9,11,16H,3,10,12H2,1-2H3,(H,19,21)(H,20,22)/t16-/m0/s1. The highest BCUT2D eigenvalue weighted by Gasteiger charge is 2.32. The van der Waals surface area contributed by atoms with Crippen LogP contribution in [0, 0.1) is 6.92 Å². The van der Waals surface area contributed by atoms with Crippen LogP contribution in [0.25, 0.3) is 0 Å². The van der Waals surface area contributed by atoms with Crippen molar-refractivity contribution in [3.63, 3.8) is 0 Å². The van der Waals surface area contributed by atoms with Gasteiger partial charge in [0.2, 0.25) is 0 Å². The summed E-state index contributed by atoms with van der Waals surface area (Å²) in [5, 5.41) is 3.68. The van der Waals surface area contributed by atoms with Gasteiger partial charge in [0.25, 0.3) is 0 Å². The van der Waals surface area contributed by atoms with E-state index < -0.39 is 26.9 Å². The molecule has 0 bridgehead atoms. The van der Waals surface area contributed by atoms with Crippen LogP contribution in [0.1, 0.15) is 29.9 Å². The molecule has 0 unspecified atom stereocenters. The van der Waals surface area contributed by atoms with Gasteiger partial charge in [0.15, 0.2) is 9.84 Å². The predicted octanol–water partition coefficient (Wildman–Crippen LogP) is 1.75. The number of sulfone groups is 1. The lowest BCUT2D eigenvalue weighted by Crippen LogP contribution is -2.42. The maximum Gasteiger partial charge on any atom is 0.309 e. The van der Waals surface area contributed by atoms with Crippen molar-refractivity contribution in [3.05, 3.63) is 54.0 Å². The molecule has 2 rings (SSSR count). The minimum Gasteiger partial charge on any atom is -0.468 e. The summed E-state index contributed by atoms with van der Waals surface area (Å²) in [5.74, 6) is -1.48. The summed E-state index contributed by atoms with van der Waals surface area (Å²) in [4.78, 5) is 23.7. The van der Waals surface area contributed by atoms with Crippen LogP contribution in [-0.4, -0.2) is 33.3 Å². The first kappa shape index (κ1) is 19.7. The smallest absolute Gasteiger partial charge is 0.309 e. The van der Waals surface area contributed by atoms with Gasteiger partial charge in [-0.3, -0.25) is 9.59 Å². The molecule has 1 heterocycles. The first-order chi connectivity index (χ1) is 12.4. The first-order valence-electron chi connectivity index (χ1n) is 8.26. The maximum absolute atomic E-state index is 13.0. The van der Waals surface area contributed by atoms with Gasteiger partial charge >= 0.3 is 11.8 Å². The molecular formula is C18H22N2O5S. The summed E-state index contributed by atoms with van der Waals surface area (Å²) in [5.41, 5.74) is 0.930. The Hall–Kier alpha value is -2.61. The fourth-order valence-corrected chi connectivity index (χ4v) is 3.90. The van der Waals surface area contributed by atoms with E-state index in [2.05, 4.69) is 10.6 Å². The summed E-state index contributed by atoms with van der Waals surface area (Å²) in [6.45, 7) is 3.81. The third-order valence-electron chi connectivity index (χ3n) is 3.77. The number of aryl methyl sites for hydroxylation is 1. The molecule has 8 heteroatoms. The molecule has 1 atom stereocenters. The van der Waals surface area contributed by atoms with Crippen LogP contribution in [0.5, 0.6) is 0 Å². The number of carbonyl (C=O) groups is 2. The Morgan fingerprint density at radius 3 is 2.31 bits per heavy atom. The van der Waals surface area contributed by atoms with E-state index in [1.165, 1.54) is 24.5 Å². The Kier molecular flexibility index (Phi) is 6.57. The third kappa shape index (κ3) is 4.72. The SMILES string of the molecule is CCCNC(=O)C(=O)NC[C@@H](c1ccco1)S(=O)(=O)c1ccc(C)cc1. The van der Waals surface area contributed by atoms with Crippen molar-refractivity contribution in [1.29, 1.82) is 0 Å². The van der Waals surface area contributed by atoms with Gasteiger partial charge in [-0.15, -0.1) is 0 Å². The van der Waals surface area contributed by atoms with E-state index in [-0.39, 0.29) is 17.2 Å². The molecule has 2 N–H and O–H groups in total. The number of carbonyl (C=O) groups excluding carboxylic acids is 2. The quantitative estimate of drug-likeness (QED) is 0.714. The number of rotatable bonds is 7. The van der Waals surface area contributed by atoms with Gasteiger partial charge in [-0.2, -0.15) is 0 Å². The zero-order valence-electron chi connectivity index (χ0n) is 14.7. The summed E-state index contributed by atoms with van der Waals surface area (Å²) in [6, 6.07) is 9.51. The predicted molar refractivity (Wildman–Crippen MR) is 96.1 cm³/mol. The normalized spacial score (nSPS) is 12.4. The highest BCUT2D eigenvalue weighted by atomic mass is 32.2. The fraction of sp³-hybridized carbons (Fsp3) is 0.333. The van der Waals surface area contributed by atoms with Crippen molar-refractivity contribution in [2.75, 3.05) is 13.1 Å². The monoisotopic (exact) mass is 378 g/mol. The Morgan fingerprint density at radius 1 is 1.08 bits per heavy atom. The average Bonchev–Trinajstić information content (AvgIpc) is 3.14. The van der Waals surface area contributed by atoms with Gasteiger partial charge in [0.05, 0.1) is 11.2 Å². The molecule has 0 aliphatic heterocycles. The Labute approximate surface area is 152 Å². The van der Waals surface area contributed by atoms with Crippen LogP contribution in [0.3, 0.4) is 0 Å². The number of furan rings is 1. The minimum atomic E-state index is -3.82. The Morgan fingerprint density at radius 2 is 1.73 bits per heavy atom. The number of hydrogen-bond acceptors (Lipinski definition) is 5. The molecule has 0 saturated carbocycles. The van der Waals surface area contributed by atoms with Crippen molar-refractivity contribution < 1.29 is 22.4 Å². The molecule has 140 valence electrons. The molecule has 0 aliphatic carbocycles. The Balaban J connectivity index is 2.21. The van der Waals surface area contributed by atoms with Crippen LogP contribution in [0.4, 0.5) is 0 Å². The molecule has 2 aromatic rings. The van der Waals surface area contributed by atoms with E-state index in [0.29, 0.717) is 13.0 Å². The second-order valence-corrected chi connectivity index (χ2v) is 7.96. The van der Waals surface area contributed by atoms with E-state index in [9.17, 15) is 18.0 Å². The van der Waals surface area contributed by atoms with Crippen LogP contribution in [0.2, 0.25) is 0 Å². The van der Waals surface area contributed by atoms with Crippen LogP contribution >= 0.6 is 0 Å². The van der Waals surface area contributed by atoms with Gasteiger partial charge in [-0.25, -0.2) is 8.42 Å². The summed E-state index contributed by atoms with van der Waals surface area (Å²) < 4.78 is 31.2. The zero-order chi connectivity index (χ0) is 19.2. The lowest BCUT2D eigenvalue weighted by atomic mass is 10.2. The van der Waals surface area contributed by atoms with Crippen LogP contribution < -0.4 is 10.6 Å². The fourth-order valence-electron chi connectivity index (χ4n) is 2.31. The van der Waals surface area contributed by atoms with E-state index in [4.69, 9.17) is 4.42 Å². The summed E-state index contributed by atoms with van der Waals surface area (Å²) in [7, 11) is -3.82. The van der Waals surface area contributed by atoms with Crippen molar-refractivity contribution in [2.24, 2.45) is 0 Å². The van der Waals surface area contributed by atoms with E-state index in [1.54, 1.807) is 18.2 Å². The van der Waals surface area contributed by atoms with Crippen LogP contribution in [-0.2, 0) is 19.4 Å². The first-order valence-corrected chi connectivity index (χ1v) is 9.81. The van der Waals surface area contributed by atoms with Gasteiger partial charge in [0, 0.05) is 13.1 Å². The van der Waals surface area contributed by atoms with Crippen molar-refractivity contribution in [1.82, 2.24) is 10.6 Å². The number of benzene rings is 1. The van der Waals surface area contributed by atoms with E-state index in [0.717, 1.165) is 5.56 Å². The summed E-state index contributed by atoms with van der Waals surface area (Å²) in [6.07, 6.45) is 2.05. The van der Waals surface area contributed by atoms with Crippen molar-refractivity contribution in [3.8, 4) is 0 Å². The van der Waals surface area contributed by atoms with Gasteiger partial charge in [-0.05, 0) is 37.6 Å². The second-order valence-electron chi connectivity index (χ2n) is 5.83. The minimum absolute atomic E-state index is 0.120. The molecule has 0 radical (unpaired) electrons. The van der Waals surface area contributed by atoms with Crippen molar-refractivity contribution in [2.45, 2.75) is 30.4 Å². The van der Waals surface area contributed by atoms with Gasteiger partial charge in [0.1, 0.15) is 11.0 Å². The molecule has 7 nitrogen and oxygen atoms in total. The number of amides is 2. The lowest BCUT2D eigenvalue weighted by molar-refractivity contribution is -0.139. The molecule has 0 spiro atoms. The van der Waals surface area contributed by atoms with Gasteiger partial charge < -0.3 is 15.1 Å². The van der Waals surface area contributed by atoms with Crippen molar-refractivity contribution >= 4 is 21.7 Å². The maximum atomic E-state index is 13.0. The molecule has 0 fully saturated rings. The highest BCUT2D eigenvalue weighted by Crippen LogP contribution is 2.29. The average molecular weight is 378 g/mol. The number of nitrogens with one attached hydrogen (secondary N) is 2. The van der Waals surface area contributed by atoms with E-state index in [1.807, 2.05) is 13.8 Å². The van der Waals surface area contributed by atoms with E-state index >= 15 is 0 Å². The molecule has 1 aromatic heterocycles. The van der Waals surface area contributed by atoms with Gasteiger partial charge in [-0.1, -0.05) is 24.6 Å². The second kappa shape index (κ2) is 8.66.